The van der Waals surface area contributed by atoms with E-state index in [0.29, 0.717) is 6.54 Å². The lowest BCUT2D eigenvalue weighted by Gasteiger charge is -2.21. The van der Waals surface area contributed by atoms with Crippen LogP contribution in [0.3, 0.4) is 0 Å². The number of hydrogen-bond acceptors (Lipinski definition) is 3. The maximum Gasteiger partial charge on any atom is 0.227 e. The van der Waals surface area contributed by atoms with Crippen LogP contribution in [0.1, 0.15) is 18.9 Å². The Morgan fingerprint density at radius 3 is 3.05 bits per heavy atom. The molecule has 1 fully saturated rings. The number of benzene rings is 1. The predicted molar refractivity (Wildman–Crippen MR) is 79.2 cm³/mol. The van der Waals surface area contributed by atoms with Crippen molar-refractivity contribution >= 4 is 16.8 Å². The van der Waals surface area contributed by atoms with Gasteiger partial charge in [-0.2, -0.15) is 0 Å². The van der Waals surface area contributed by atoms with E-state index in [-0.39, 0.29) is 11.3 Å². The molecule has 1 aromatic heterocycles. The van der Waals surface area contributed by atoms with E-state index in [9.17, 15) is 4.79 Å². The van der Waals surface area contributed by atoms with Crippen LogP contribution in [0.2, 0.25) is 0 Å². The summed E-state index contributed by atoms with van der Waals surface area (Å²) in [5.41, 5.74) is 1.74. The molecule has 0 bridgehead atoms. The second-order valence-electron chi connectivity index (χ2n) is 5.66. The first kappa shape index (κ1) is 13.1. The number of fused-ring (bicyclic) bond motifs is 1. The zero-order valence-electron chi connectivity index (χ0n) is 11.6. The minimum Gasteiger partial charge on any atom is -0.351 e. The fourth-order valence-electron chi connectivity index (χ4n) is 2.71. The molecule has 20 heavy (non-hydrogen) atoms. The number of nitrogens with one attached hydrogen (secondary N) is 2. The van der Waals surface area contributed by atoms with Crippen LogP contribution in [-0.4, -0.2) is 24.0 Å². The van der Waals surface area contributed by atoms with Gasteiger partial charge in [0.15, 0.2) is 0 Å². The smallest absolute Gasteiger partial charge is 0.227 e. The van der Waals surface area contributed by atoms with Crippen LogP contribution in [0.5, 0.6) is 0 Å². The number of carbonyl (C=O) groups excluding carboxylic acids is 1. The fraction of sp³-hybridized carbons (Fsp3) is 0.375. The van der Waals surface area contributed by atoms with Crippen LogP contribution in [-0.2, 0) is 11.3 Å². The molecule has 0 spiro atoms. The van der Waals surface area contributed by atoms with Crippen molar-refractivity contribution in [1.29, 1.82) is 0 Å². The summed E-state index contributed by atoms with van der Waals surface area (Å²) in [6.07, 6.45) is 2.68. The van der Waals surface area contributed by atoms with Crippen LogP contribution < -0.4 is 10.6 Å². The van der Waals surface area contributed by atoms with Crippen molar-refractivity contribution in [1.82, 2.24) is 15.6 Å². The lowest BCUT2D eigenvalue weighted by Crippen LogP contribution is -2.40. The van der Waals surface area contributed by atoms with Crippen LogP contribution in [0.4, 0.5) is 0 Å². The molecule has 1 atom stereocenters. The van der Waals surface area contributed by atoms with E-state index >= 15 is 0 Å². The molecule has 1 aromatic carbocycles. The molecule has 2 aromatic rings. The summed E-state index contributed by atoms with van der Waals surface area (Å²) in [4.78, 5) is 16.7. The second-order valence-corrected chi connectivity index (χ2v) is 5.66. The molecular formula is C16H19N3O. The summed E-state index contributed by atoms with van der Waals surface area (Å²) in [6.45, 7) is 4.22. The van der Waals surface area contributed by atoms with E-state index in [1.807, 2.05) is 37.3 Å². The molecule has 104 valence electrons. The monoisotopic (exact) mass is 269 g/mol. The number of rotatable bonds is 3. The van der Waals surface area contributed by atoms with Gasteiger partial charge in [0.1, 0.15) is 0 Å². The quantitative estimate of drug-likeness (QED) is 0.894. The predicted octanol–water partition coefficient (Wildman–Crippen LogP) is 1.85. The van der Waals surface area contributed by atoms with Crippen LogP contribution in [0.15, 0.2) is 36.5 Å². The molecule has 2 N–H and O–H groups in total. The van der Waals surface area contributed by atoms with E-state index in [1.165, 1.54) is 0 Å². The molecule has 3 rings (SSSR count). The first-order valence-corrected chi connectivity index (χ1v) is 7.01. The average molecular weight is 269 g/mol. The zero-order chi connectivity index (χ0) is 14.0. The highest BCUT2D eigenvalue weighted by Gasteiger charge is 2.35. The van der Waals surface area contributed by atoms with Gasteiger partial charge < -0.3 is 10.6 Å². The Balaban J connectivity index is 1.76. The number of amides is 1. The Labute approximate surface area is 118 Å². The van der Waals surface area contributed by atoms with Gasteiger partial charge in [-0.25, -0.2) is 0 Å². The summed E-state index contributed by atoms with van der Waals surface area (Å²) in [5, 5.41) is 7.41. The van der Waals surface area contributed by atoms with Crippen molar-refractivity contribution in [3.05, 3.63) is 42.1 Å². The first-order valence-electron chi connectivity index (χ1n) is 7.01. The Morgan fingerprint density at radius 1 is 1.40 bits per heavy atom. The number of carbonyl (C=O) groups is 1. The van der Waals surface area contributed by atoms with E-state index in [0.717, 1.165) is 36.0 Å². The average Bonchev–Trinajstić information content (AvgIpc) is 2.93. The van der Waals surface area contributed by atoms with Crippen LogP contribution >= 0.6 is 0 Å². The highest BCUT2D eigenvalue weighted by Crippen LogP contribution is 2.25. The highest BCUT2D eigenvalue weighted by molar-refractivity contribution is 5.84. The molecular weight excluding hydrogens is 250 g/mol. The summed E-state index contributed by atoms with van der Waals surface area (Å²) >= 11 is 0. The Kier molecular flexibility index (Phi) is 3.40. The third-order valence-electron chi connectivity index (χ3n) is 4.07. The van der Waals surface area contributed by atoms with Crippen molar-refractivity contribution in [2.45, 2.75) is 19.9 Å². The summed E-state index contributed by atoms with van der Waals surface area (Å²) in [5.74, 6) is 0.121. The van der Waals surface area contributed by atoms with Gasteiger partial charge in [0, 0.05) is 24.7 Å². The van der Waals surface area contributed by atoms with Crippen LogP contribution in [0, 0.1) is 5.41 Å². The van der Waals surface area contributed by atoms with Crippen molar-refractivity contribution < 1.29 is 4.79 Å². The van der Waals surface area contributed by atoms with Gasteiger partial charge in [0.25, 0.3) is 0 Å². The maximum atomic E-state index is 12.3. The molecule has 4 heteroatoms. The van der Waals surface area contributed by atoms with Gasteiger partial charge in [-0.1, -0.05) is 24.3 Å². The number of hydrogen-bond donors (Lipinski definition) is 2. The standard InChI is InChI=1S/C16H19N3O/c1-16(7-9-17-11-16)15(20)19-10-13-5-2-4-12-6-3-8-18-14(12)13/h2-6,8,17H,7,9-11H2,1H3,(H,19,20). The lowest BCUT2D eigenvalue weighted by molar-refractivity contribution is -0.129. The topological polar surface area (TPSA) is 54.0 Å². The van der Waals surface area contributed by atoms with E-state index < -0.39 is 0 Å². The lowest BCUT2D eigenvalue weighted by atomic mass is 9.89. The van der Waals surface area contributed by atoms with Gasteiger partial charge in [0.2, 0.25) is 5.91 Å². The van der Waals surface area contributed by atoms with Gasteiger partial charge in [-0.05, 0) is 31.5 Å². The Bertz CT molecular complexity index is 627. The molecule has 2 heterocycles. The fourth-order valence-corrected chi connectivity index (χ4v) is 2.71. The second kappa shape index (κ2) is 5.21. The molecule has 0 radical (unpaired) electrons. The molecule has 1 aliphatic rings. The molecule has 0 saturated carbocycles. The minimum atomic E-state index is -0.280. The van der Waals surface area contributed by atoms with Crippen molar-refractivity contribution in [2.75, 3.05) is 13.1 Å². The molecule has 1 amide bonds. The van der Waals surface area contributed by atoms with Gasteiger partial charge in [-0.15, -0.1) is 0 Å². The summed E-state index contributed by atoms with van der Waals surface area (Å²) in [7, 11) is 0. The van der Waals surface area contributed by atoms with Crippen LogP contribution in [0.25, 0.3) is 10.9 Å². The Morgan fingerprint density at radius 2 is 2.25 bits per heavy atom. The summed E-state index contributed by atoms with van der Waals surface area (Å²) in [6, 6.07) is 10.0. The number of aromatic nitrogens is 1. The van der Waals surface area contributed by atoms with Crippen molar-refractivity contribution in [2.24, 2.45) is 5.41 Å². The number of nitrogens with zero attached hydrogens (tertiary/aromatic N) is 1. The molecule has 1 saturated heterocycles. The van der Waals surface area contributed by atoms with Gasteiger partial charge in [0.05, 0.1) is 10.9 Å². The van der Waals surface area contributed by atoms with E-state index in [1.54, 1.807) is 6.20 Å². The molecule has 0 aliphatic carbocycles. The van der Waals surface area contributed by atoms with Crippen molar-refractivity contribution in [3.8, 4) is 0 Å². The third-order valence-corrected chi connectivity index (χ3v) is 4.07. The largest absolute Gasteiger partial charge is 0.351 e. The maximum absolute atomic E-state index is 12.3. The molecule has 1 unspecified atom stereocenters. The third kappa shape index (κ3) is 2.39. The molecule has 1 aliphatic heterocycles. The Hall–Kier alpha value is -1.94. The van der Waals surface area contributed by atoms with Gasteiger partial charge in [-0.3, -0.25) is 9.78 Å². The zero-order valence-corrected chi connectivity index (χ0v) is 11.6. The number of pyridine rings is 1. The van der Waals surface area contributed by atoms with E-state index in [2.05, 4.69) is 15.6 Å². The van der Waals surface area contributed by atoms with Gasteiger partial charge >= 0.3 is 0 Å². The first-order chi connectivity index (χ1) is 9.69. The minimum absolute atomic E-state index is 0.121. The molecule has 4 nitrogen and oxygen atoms in total. The highest BCUT2D eigenvalue weighted by atomic mass is 16.2. The van der Waals surface area contributed by atoms with E-state index in [4.69, 9.17) is 0 Å². The number of para-hydroxylation sites is 1. The SMILES string of the molecule is CC1(C(=O)NCc2cccc3cccnc23)CCNC1. The van der Waals surface area contributed by atoms with Crippen molar-refractivity contribution in [3.63, 3.8) is 0 Å². The summed E-state index contributed by atoms with van der Waals surface area (Å²) < 4.78 is 0. The normalized spacial score (nSPS) is 22.1.